The molecule has 0 atom stereocenters. The molecule has 8 nitrogen and oxygen atoms in total. The molecule has 0 spiro atoms. The van der Waals surface area contributed by atoms with Gasteiger partial charge in [-0.05, 0) is 45.9 Å². The second-order valence-corrected chi connectivity index (χ2v) is 9.66. The summed E-state index contributed by atoms with van der Waals surface area (Å²) in [5, 5.41) is 0. The Morgan fingerprint density at radius 3 is 1.78 bits per heavy atom. The second kappa shape index (κ2) is 12.3. The average Bonchev–Trinajstić information content (AvgIpc) is 2.79. The molecule has 0 radical (unpaired) electrons. The van der Waals surface area contributed by atoms with Crippen LogP contribution in [0.4, 0.5) is 11.4 Å². The maximum absolute atomic E-state index is 11.1. The largest absolute Gasteiger partial charge is 0.501 e. The Morgan fingerprint density at radius 2 is 1.38 bits per heavy atom. The number of rotatable bonds is 13. The fraction of sp³-hybridized carbons (Fsp3) is 0.391. The van der Waals surface area contributed by atoms with Crippen LogP contribution in [-0.4, -0.2) is 40.7 Å². The molecule has 2 rings (SSSR count). The van der Waals surface area contributed by atoms with Gasteiger partial charge < -0.3 is 19.0 Å². The van der Waals surface area contributed by atoms with Crippen molar-refractivity contribution in [2.75, 3.05) is 19.8 Å². The number of nitrogens with two attached hydrogens (primary N) is 1. The fourth-order valence-corrected chi connectivity index (χ4v) is 6.62. The summed E-state index contributed by atoms with van der Waals surface area (Å²) >= 11 is 0. The van der Waals surface area contributed by atoms with Crippen molar-refractivity contribution in [1.82, 2.24) is 0 Å². The Bertz CT molecular complexity index is 920. The van der Waals surface area contributed by atoms with Crippen LogP contribution < -0.4 is 5.73 Å². The maximum atomic E-state index is 11.1. The van der Waals surface area contributed by atoms with Gasteiger partial charge in [0.1, 0.15) is 5.60 Å². The quantitative estimate of drug-likeness (QED) is 0.274. The average molecular weight is 456 g/mol. The number of carbonyl (C=O) groups excluding carboxylic acids is 2. The van der Waals surface area contributed by atoms with E-state index in [-0.39, 0.29) is 0 Å². The summed E-state index contributed by atoms with van der Waals surface area (Å²) in [4.78, 5) is 30.0. The molecule has 0 unspecified atom stereocenters. The third-order valence-corrected chi connectivity index (χ3v) is 8.09. The van der Waals surface area contributed by atoms with Gasteiger partial charge in [0.05, 0.1) is 11.4 Å². The van der Waals surface area contributed by atoms with E-state index < -0.39 is 14.4 Å². The standard InChI is InChI=1S/C23H29N3O5Si/c1-4-29-32(30-5-2,16-10-15-24)31-23(3,19-11-6-8-13-21(19)25-17-27)20-12-7-9-14-22(20)26-18-28/h6-9,11-14H,4-5,10,15-16,24H2,1-3H3. The van der Waals surface area contributed by atoms with Crippen LogP contribution >= 0.6 is 0 Å². The van der Waals surface area contributed by atoms with Crippen LogP contribution in [-0.2, 0) is 28.5 Å². The van der Waals surface area contributed by atoms with Gasteiger partial charge >= 0.3 is 8.80 Å². The first-order valence-electron chi connectivity index (χ1n) is 10.5. The summed E-state index contributed by atoms with van der Waals surface area (Å²) in [6.45, 7) is 6.79. The topological polar surface area (TPSA) is 113 Å². The second-order valence-electron chi connectivity index (χ2n) is 7.02. The first-order valence-corrected chi connectivity index (χ1v) is 12.5. The van der Waals surface area contributed by atoms with Gasteiger partial charge in [-0.3, -0.25) is 0 Å². The van der Waals surface area contributed by atoms with Gasteiger partial charge in [0.25, 0.3) is 0 Å². The predicted molar refractivity (Wildman–Crippen MR) is 123 cm³/mol. The number of benzene rings is 2. The zero-order valence-electron chi connectivity index (χ0n) is 18.7. The maximum Gasteiger partial charge on any atom is 0.501 e. The van der Waals surface area contributed by atoms with E-state index in [4.69, 9.17) is 19.0 Å². The van der Waals surface area contributed by atoms with Crippen LogP contribution in [0.25, 0.3) is 0 Å². The van der Waals surface area contributed by atoms with E-state index in [1.54, 1.807) is 48.6 Å². The predicted octanol–water partition coefficient (Wildman–Crippen LogP) is 4.26. The number of nitrogens with zero attached hydrogens (tertiary/aromatic N) is 2. The zero-order chi connectivity index (χ0) is 23.5. The molecule has 32 heavy (non-hydrogen) atoms. The number of aliphatic imine (C=N–C) groups is 2. The molecule has 0 bridgehead atoms. The van der Waals surface area contributed by atoms with E-state index in [1.165, 1.54) is 0 Å². The summed E-state index contributed by atoms with van der Waals surface area (Å²) in [6, 6.07) is 14.6. The van der Waals surface area contributed by atoms with Crippen molar-refractivity contribution in [2.45, 2.75) is 38.8 Å². The van der Waals surface area contributed by atoms with E-state index in [0.717, 1.165) is 0 Å². The van der Waals surface area contributed by atoms with Crippen LogP contribution in [0.2, 0.25) is 6.04 Å². The van der Waals surface area contributed by atoms with Gasteiger partial charge in [-0.15, -0.1) is 0 Å². The van der Waals surface area contributed by atoms with E-state index in [1.807, 2.05) is 32.9 Å². The molecule has 2 aromatic rings. The summed E-state index contributed by atoms with van der Waals surface area (Å²) < 4.78 is 19.1. The van der Waals surface area contributed by atoms with Crippen molar-refractivity contribution < 1.29 is 22.9 Å². The van der Waals surface area contributed by atoms with Crippen LogP contribution in [0.3, 0.4) is 0 Å². The monoisotopic (exact) mass is 455 g/mol. The minimum Gasteiger partial charge on any atom is -0.374 e. The summed E-state index contributed by atoms with van der Waals surface area (Å²) in [6.07, 6.45) is 3.85. The molecule has 9 heteroatoms. The molecule has 0 amide bonds. The van der Waals surface area contributed by atoms with Crippen LogP contribution in [0.15, 0.2) is 58.5 Å². The van der Waals surface area contributed by atoms with E-state index in [9.17, 15) is 9.59 Å². The molecule has 0 aliphatic carbocycles. The van der Waals surface area contributed by atoms with Crippen molar-refractivity contribution >= 4 is 32.3 Å². The first-order chi connectivity index (χ1) is 15.5. The number of hydrogen-bond donors (Lipinski definition) is 1. The molecule has 0 saturated carbocycles. The molecule has 0 saturated heterocycles. The fourth-order valence-electron chi connectivity index (χ4n) is 3.67. The molecular formula is C23H29N3O5Si. The summed E-state index contributed by atoms with van der Waals surface area (Å²) in [7, 11) is -3.27. The highest BCUT2D eigenvalue weighted by Crippen LogP contribution is 2.45. The number of hydrogen-bond acceptors (Lipinski definition) is 8. The lowest BCUT2D eigenvalue weighted by Gasteiger charge is -2.40. The minimum atomic E-state index is -3.27. The van der Waals surface area contributed by atoms with Gasteiger partial charge in [0.2, 0.25) is 12.2 Å². The Morgan fingerprint density at radius 1 is 0.906 bits per heavy atom. The Labute approximate surface area is 189 Å². The molecule has 0 fully saturated rings. The lowest BCUT2D eigenvalue weighted by atomic mass is 9.86. The van der Waals surface area contributed by atoms with Crippen LogP contribution in [0.5, 0.6) is 0 Å². The molecule has 0 heterocycles. The van der Waals surface area contributed by atoms with Crippen molar-refractivity contribution in [1.29, 1.82) is 0 Å². The molecular weight excluding hydrogens is 426 g/mol. The Kier molecular flexibility index (Phi) is 9.83. The highest BCUT2D eigenvalue weighted by molar-refractivity contribution is 6.60. The van der Waals surface area contributed by atoms with Crippen molar-refractivity contribution in [3.8, 4) is 0 Å². The third kappa shape index (κ3) is 5.94. The van der Waals surface area contributed by atoms with Gasteiger partial charge in [0.15, 0.2) is 0 Å². The van der Waals surface area contributed by atoms with Gasteiger partial charge in [-0.1, -0.05) is 36.4 Å². The van der Waals surface area contributed by atoms with E-state index in [0.29, 0.717) is 54.7 Å². The Hall–Kier alpha value is -2.74. The lowest BCUT2D eigenvalue weighted by molar-refractivity contribution is -0.00112. The smallest absolute Gasteiger partial charge is 0.374 e. The Balaban J connectivity index is 2.82. The van der Waals surface area contributed by atoms with Gasteiger partial charge in [0, 0.05) is 30.4 Å². The molecule has 170 valence electrons. The van der Waals surface area contributed by atoms with E-state index >= 15 is 0 Å². The number of para-hydroxylation sites is 2. The molecule has 0 aliphatic rings. The number of isocyanates is 2. The normalized spacial score (nSPS) is 13.0. The van der Waals surface area contributed by atoms with Crippen molar-refractivity contribution in [2.24, 2.45) is 15.7 Å². The summed E-state index contributed by atoms with van der Waals surface area (Å²) in [5.74, 6) is 0. The SMILES string of the molecule is CCO[Si](CCCN)(OCC)OC(C)(c1ccccc1N=C=O)c1ccccc1N=C=O. The van der Waals surface area contributed by atoms with Crippen LogP contribution in [0.1, 0.15) is 38.3 Å². The highest BCUT2D eigenvalue weighted by atomic mass is 28.4. The third-order valence-electron chi connectivity index (χ3n) is 4.94. The van der Waals surface area contributed by atoms with Crippen molar-refractivity contribution in [3.63, 3.8) is 0 Å². The van der Waals surface area contributed by atoms with Crippen molar-refractivity contribution in [3.05, 3.63) is 59.7 Å². The summed E-state index contributed by atoms with van der Waals surface area (Å²) in [5.41, 5.74) is 6.48. The lowest BCUT2D eigenvalue weighted by Crippen LogP contribution is -2.52. The van der Waals surface area contributed by atoms with Gasteiger partial charge in [-0.25, -0.2) is 9.59 Å². The molecule has 0 aliphatic heterocycles. The highest BCUT2D eigenvalue weighted by Gasteiger charge is 2.49. The van der Waals surface area contributed by atoms with E-state index in [2.05, 4.69) is 9.98 Å². The molecule has 0 aromatic heterocycles. The molecule has 2 aromatic carbocycles. The zero-order valence-corrected chi connectivity index (χ0v) is 19.7. The van der Waals surface area contributed by atoms with Crippen LogP contribution in [0, 0.1) is 0 Å². The molecule has 2 N–H and O–H groups in total. The first kappa shape index (κ1) is 25.5. The minimum absolute atomic E-state index is 0.379. The van der Waals surface area contributed by atoms with Gasteiger partial charge in [-0.2, -0.15) is 9.98 Å².